The molecule has 1 aromatic carbocycles. The number of carboxylic acid groups (broad SMARTS) is 1. The summed E-state index contributed by atoms with van der Waals surface area (Å²) >= 11 is 3.14. The van der Waals surface area contributed by atoms with Crippen molar-refractivity contribution in [2.45, 2.75) is 37.4 Å². The summed E-state index contributed by atoms with van der Waals surface area (Å²) in [5.74, 6) is -1.01. The van der Waals surface area contributed by atoms with E-state index in [1.807, 2.05) is 0 Å². The fourth-order valence-electron chi connectivity index (χ4n) is 2.39. The molecule has 7 heteroatoms. The van der Waals surface area contributed by atoms with Crippen LogP contribution in [0.15, 0.2) is 22.7 Å². The zero-order valence-electron chi connectivity index (χ0n) is 10.4. The molecule has 0 amide bonds. The van der Waals surface area contributed by atoms with Gasteiger partial charge in [0.2, 0.25) is 0 Å². The molecule has 0 spiro atoms. The molecule has 1 fully saturated rings. The molecule has 0 heterocycles. The number of nitrogens with one attached hydrogen (secondary N) is 1. The number of benzene rings is 1. The number of rotatable bonds is 4. The zero-order chi connectivity index (χ0) is 15.0. The normalized spacial score (nSPS) is 17.4. The number of anilines is 1. The lowest BCUT2D eigenvalue weighted by Crippen LogP contribution is -2.47. The molecule has 110 valence electrons. The third-order valence-corrected chi connectivity index (χ3v) is 3.98. The first kappa shape index (κ1) is 15.2. The maximum atomic E-state index is 13.0. The maximum Gasteiger partial charge on any atom is 0.418 e. The molecular formula is C13H13BrF3NO2. The van der Waals surface area contributed by atoms with Crippen molar-refractivity contribution in [2.75, 3.05) is 5.32 Å². The third-order valence-electron chi connectivity index (χ3n) is 3.49. The van der Waals surface area contributed by atoms with Gasteiger partial charge in [-0.15, -0.1) is 0 Å². The molecule has 3 nitrogen and oxygen atoms in total. The van der Waals surface area contributed by atoms with Gasteiger partial charge in [-0.25, -0.2) is 0 Å². The highest BCUT2D eigenvalue weighted by Crippen LogP contribution is 2.42. The fourth-order valence-corrected chi connectivity index (χ4v) is 2.75. The molecule has 1 aromatic rings. The van der Waals surface area contributed by atoms with Crippen LogP contribution >= 0.6 is 15.9 Å². The Hall–Kier alpha value is -1.24. The molecule has 1 aliphatic rings. The molecule has 0 aliphatic heterocycles. The Labute approximate surface area is 122 Å². The van der Waals surface area contributed by atoms with Crippen LogP contribution in [0, 0.1) is 0 Å². The highest BCUT2D eigenvalue weighted by molar-refractivity contribution is 9.10. The molecule has 1 aliphatic carbocycles. The average molecular weight is 352 g/mol. The summed E-state index contributed by atoms with van der Waals surface area (Å²) in [5, 5.41) is 11.7. The van der Waals surface area contributed by atoms with E-state index in [9.17, 15) is 18.0 Å². The summed E-state index contributed by atoms with van der Waals surface area (Å²) in [6, 6.07) is 3.64. The van der Waals surface area contributed by atoms with Crippen molar-refractivity contribution in [1.29, 1.82) is 0 Å². The summed E-state index contributed by atoms with van der Waals surface area (Å²) in [5.41, 5.74) is -1.63. The zero-order valence-corrected chi connectivity index (χ0v) is 12.0. The van der Waals surface area contributed by atoms with Crippen LogP contribution in [0.4, 0.5) is 18.9 Å². The predicted octanol–water partition coefficient (Wildman–Crippen LogP) is 4.28. The Morgan fingerprint density at radius 3 is 2.50 bits per heavy atom. The smallest absolute Gasteiger partial charge is 0.418 e. The van der Waals surface area contributed by atoms with Gasteiger partial charge >= 0.3 is 12.1 Å². The third kappa shape index (κ3) is 3.26. The number of halogens is 4. The van der Waals surface area contributed by atoms with Crippen LogP contribution in [0.1, 0.15) is 31.2 Å². The van der Waals surface area contributed by atoms with Crippen LogP contribution < -0.4 is 5.32 Å². The molecule has 1 saturated carbocycles. The van der Waals surface area contributed by atoms with Gasteiger partial charge in [-0.05, 0) is 37.5 Å². The van der Waals surface area contributed by atoms with Crippen molar-refractivity contribution in [3.8, 4) is 0 Å². The maximum absolute atomic E-state index is 13.0. The second-order valence-electron chi connectivity index (χ2n) is 5.02. The molecular weight excluding hydrogens is 339 g/mol. The summed E-state index contributed by atoms with van der Waals surface area (Å²) in [6.07, 6.45) is -2.73. The topological polar surface area (TPSA) is 49.3 Å². The first-order chi connectivity index (χ1) is 9.22. The van der Waals surface area contributed by atoms with Crippen LogP contribution in [0.3, 0.4) is 0 Å². The van der Waals surface area contributed by atoms with Crippen molar-refractivity contribution >= 4 is 27.6 Å². The van der Waals surface area contributed by atoms with E-state index >= 15 is 0 Å². The second-order valence-corrected chi connectivity index (χ2v) is 5.93. The van der Waals surface area contributed by atoms with Gasteiger partial charge in [0.15, 0.2) is 0 Å². The molecule has 20 heavy (non-hydrogen) atoms. The number of carbonyl (C=O) groups is 1. The van der Waals surface area contributed by atoms with Gasteiger partial charge in [0.05, 0.1) is 12.0 Å². The highest BCUT2D eigenvalue weighted by Gasteiger charge is 2.41. The molecule has 0 bridgehead atoms. The predicted molar refractivity (Wildman–Crippen MR) is 71.6 cm³/mol. The lowest BCUT2D eigenvalue weighted by atomic mass is 9.74. The monoisotopic (exact) mass is 351 g/mol. The van der Waals surface area contributed by atoms with Crippen molar-refractivity contribution in [1.82, 2.24) is 0 Å². The fraction of sp³-hybridized carbons (Fsp3) is 0.462. The van der Waals surface area contributed by atoms with Crippen molar-refractivity contribution in [3.63, 3.8) is 0 Å². The van der Waals surface area contributed by atoms with E-state index in [-0.39, 0.29) is 12.1 Å². The number of carboxylic acids is 1. The van der Waals surface area contributed by atoms with E-state index in [1.165, 1.54) is 12.1 Å². The summed E-state index contributed by atoms with van der Waals surface area (Å²) in [6.45, 7) is 0. The largest absolute Gasteiger partial charge is 0.481 e. The van der Waals surface area contributed by atoms with Crippen LogP contribution in [0.25, 0.3) is 0 Å². The van der Waals surface area contributed by atoms with Gasteiger partial charge in [0, 0.05) is 15.7 Å². The second kappa shape index (κ2) is 5.27. The number of alkyl halides is 3. The average Bonchev–Trinajstić information content (AvgIpc) is 2.23. The van der Waals surface area contributed by atoms with Crippen molar-refractivity contribution in [2.24, 2.45) is 0 Å². The molecule has 0 aromatic heterocycles. The van der Waals surface area contributed by atoms with Gasteiger partial charge in [-0.2, -0.15) is 13.2 Å². The van der Waals surface area contributed by atoms with E-state index in [1.54, 1.807) is 0 Å². The molecule has 0 unspecified atom stereocenters. The summed E-state index contributed by atoms with van der Waals surface area (Å²) in [4.78, 5) is 10.9. The van der Waals surface area contributed by atoms with E-state index in [0.29, 0.717) is 17.3 Å². The highest BCUT2D eigenvalue weighted by atomic mass is 79.9. The minimum Gasteiger partial charge on any atom is -0.481 e. The Balaban J connectivity index is 2.32. The van der Waals surface area contributed by atoms with Crippen molar-refractivity contribution < 1.29 is 23.1 Å². The van der Waals surface area contributed by atoms with Crippen LogP contribution in [0.2, 0.25) is 0 Å². The first-order valence-electron chi connectivity index (χ1n) is 6.09. The van der Waals surface area contributed by atoms with Gasteiger partial charge < -0.3 is 10.4 Å². The Kier molecular flexibility index (Phi) is 4.00. The van der Waals surface area contributed by atoms with E-state index in [0.717, 1.165) is 12.5 Å². The van der Waals surface area contributed by atoms with Gasteiger partial charge in [0.1, 0.15) is 0 Å². The Morgan fingerprint density at radius 2 is 2.05 bits per heavy atom. The Bertz CT molecular complexity index is 527. The van der Waals surface area contributed by atoms with Crippen LogP contribution in [-0.4, -0.2) is 16.6 Å². The van der Waals surface area contributed by atoms with Gasteiger partial charge in [-0.3, -0.25) is 4.79 Å². The molecule has 2 rings (SSSR count). The van der Waals surface area contributed by atoms with E-state index in [2.05, 4.69) is 21.2 Å². The lowest BCUT2D eigenvalue weighted by Gasteiger charge is -2.43. The van der Waals surface area contributed by atoms with Crippen LogP contribution in [-0.2, 0) is 11.0 Å². The molecule has 0 radical (unpaired) electrons. The number of aliphatic carboxylic acids is 1. The van der Waals surface area contributed by atoms with Gasteiger partial charge in [-0.1, -0.05) is 15.9 Å². The molecule has 0 saturated heterocycles. The minimum atomic E-state index is -4.48. The van der Waals surface area contributed by atoms with E-state index < -0.39 is 23.2 Å². The summed E-state index contributed by atoms with van der Waals surface area (Å²) < 4.78 is 39.4. The lowest BCUT2D eigenvalue weighted by molar-refractivity contribution is -0.138. The van der Waals surface area contributed by atoms with Crippen molar-refractivity contribution in [3.05, 3.63) is 28.2 Å². The van der Waals surface area contributed by atoms with Crippen LogP contribution in [0.5, 0.6) is 0 Å². The SMILES string of the molecule is O=C(O)CC1(Nc2cc(Br)ccc2C(F)(F)F)CCC1. The molecule has 0 atom stereocenters. The van der Waals surface area contributed by atoms with E-state index in [4.69, 9.17) is 5.11 Å². The first-order valence-corrected chi connectivity index (χ1v) is 6.88. The quantitative estimate of drug-likeness (QED) is 0.851. The standard InChI is InChI=1S/C13H13BrF3NO2/c14-8-2-3-9(13(15,16)17)10(6-8)18-12(4-1-5-12)7-11(19)20/h2-3,6,18H,1,4-5,7H2,(H,19,20). The number of hydrogen-bond acceptors (Lipinski definition) is 2. The summed E-state index contributed by atoms with van der Waals surface area (Å²) in [7, 11) is 0. The van der Waals surface area contributed by atoms with Gasteiger partial charge in [0.25, 0.3) is 0 Å². The number of hydrogen-bond donors (Lipinski definition) is 2. The Morgan fingerprint density at radius 1 is 1.40 bits per heavy atom. The molecule has 2 N–H and O–H groups in total. The minimum absolute atomic E-state index is 0.0761.